The molecule has 1 aromatic carbocycles. The van der Waals surface area contributed by atoms with E-state index in [-0.39, 0.29) is 24.4 Å². The first-order valence-corrected chi connectivity index (χ1v) is 7.89. The van der Waals surface area contributed by atoms with Crippen LogP contribution in [-0.2, 0) is 16.4 Å². The van der Waals surface area contributed by atoms with Gasteiger partial charge in [-0.25, -0.2) is 8.42 Å². The highest BCUT2D eigenvalue weighted by atomic mass is 32.2. The highest BCUT2D eigenvalue weighted by molar-refractivity contribution is 7.91. The number of benzene rings is 1. The maximum Gasteiger partial charge on any atom is 0.231 e. The molecule has 1 saturated heterocycles. The first kappa shape index (κ1) is 12.6. The molecule has 6 nitrogen and oxygen atoms in total. The zero-order valence-corrected chi connectivity index (χ0v) is 11.1. The van der Waals surface area contributed by atoms with Crippen LogP contribution in [0, 0.1) is 0 Å². The van der Waals surface area contributed by atoms with Crippen molar-refractivity contribution < 1.29 is 22.6 Å². The normalized spacial score (nSPS) is 23.5. The molecule has 2 aliphatic heterocycles. The Labute approximate surface area is 111 Å². The topological polar surface area (TPSA) is 87.9 Å². The van der Waals surface area contributed by atoms with Crippen molar-refractivity contribution in [2.24, 2.45) is 5.73 Å². The molecule has 0 bridgehead atoms. The van der Waals surface area contributed by atoms with Gasteiger partial charge in [-0.3, -0.25) is 0 Å². The molecule has 1 fully saturated rings. The van der Waals surface area contributed by atoms with Gasteiger partial charge in [-0.05, 0) is 12.5 Å². The lowest BCUT2D eigenvalue weighted by atomic mass is 10.1. The second-order valence-corrected chi connectivity index (χ2v) is 6.89. The molecule has 2 aliphatic rings. The molecule has 0 spiro atoms. The van der Waals surface area contributed by atoms with E-state index >= 15 is 0 Å². The minimum absolute atomic E-state index is 0.0610. The minimum Gasteiger partial charge on any atom is -0.489 e. The molecule has 1 aromatic rings. The van der Waals surface area contributed by atoms with Crippen LogP contribution in [0.1, 0.15) is 12.0 Å². The number of nitrogens with two attached hydrogens (primary N) is 1. The van der Waals surface area contributed by atoms with E-state index in [4.69, 9.17) is 19.9 Å². The zero-order valence-electron chi connectivity index (χ0n) is 10.3. The van der Waals surface area contributed by atoms with Gasteiger partial charge in [0.05, 0.1) is 11.5 Å². The minimum atomic E-state index is -2.96. The standard InChI is InChI=1S/C12H15NO5S/c13-5-8-3-11-12(17-7-16-11)4-10(8)18-9-1-2-19(14,15)6-9/h3-4,9H,1-2,5-7,13H2. The van der Waals surface area contributed by atoms with Crippen LogP contribution in [0.15, 0.2) is 12.1 Å². The summed E-state index contributed by atoms with van der Waals surface area (Å²) in [7, 11) is -2.96. The van der Waals surface area contributed by atoms with Crippen molar-refractivity contribution >= 4 is 9.84 Å². The Morgan fingerprint density at radius 3 is 2.68 bits per heavy atom. The van der Waals surface area contributed by atoms with E-state index in [9.17, 15) is 8.42 Å². The second-order valence-electron chi connectivity index (χ2n) is 4.66. The summed E-state index contributed by atoms with van der Waals surface area (Å²) in [5.41, 5.74) is 6.46. The van der Waals surface area contributed by atoms with E-state index in [0.29, 0.717) is 30.2 Å². The largest absolute Gasteiger partial charge is 0.489 e. The first-order valence-electron chi connectivity index (χ1n) is 6.07. The van der Waals surface area contributed by atoms with Crippen LogP contribution in [0.5, 0.6) is 17.2 Å². The molecular weight excluding hydrogens is 270 g/mol. The highest BCUT2D eigenvalue weighted by Crippen LogP contribution is 2.38. The van der Waals surface area contributed by atoms with Gasteiger partial charge < -0.3 is 19.9 Å². The lowest BCUT2D eigenvalue weighted by Crippen LogP contribution is -2.19. The third kappa shape index (κ3) is 2.48. The molecule has 3 rings (SSSR count). The van der Waals surface area contributed by atoms with Gasteiger partial charge in [-0.1, -0.05) is 0 Å². The van der Waals surface area contributed by atoms with Crippen LogP contribution in [0.3, 0.4) is 0 Å². The van der Waals surface area contributed by atoms with Gasteiger partial charge in [-0.2, -0.15) is 0 Å². The molecule has 19 heavy (non-hydrogen) atoms. The van der Waals surface area contributed by atoms with Gasteiger partial charge in [0.25, 0.3) is 0 Å². The molecule has 0 saturated carbocycles. The lowest BCUT2D eigenvalue weighted by Gasteiger charge is -2.15. The average molecular weight is 285 g/mol. The third-order valence-electron chi connectivity index (χ3n) is 3.26. The number of hydrogen-bond acceptors (Lipinski definition) is 6. The Morgan fingerprint density at radius 1 is 1.32 bits per heavy atom. The van der Waals surface area contributed by atoms with Crippen LogP contribution in [-0.4, -0.2) is 32.8 Å². The molecule has 104 valence electrons. The fraction of sp³-hybridized carbons (Fsp3) is 0.500. The molecule has 1 atom stereocenters. The maximum absolute atomic E-state index is 11.4. The van der Waals surface area contributed by atoms with Gasteiger partial charge in [-0.15, -0.1) is 0 Å². The Balaban J connectivity index is 1.84. The SMILES string of the molecule is NCc1cc2c(cc1OC1CCS(=O)(=O)C1)OCO2. The molecule has 1 unspecified atom stereocenters. The second kappa shape index (κ2) is 4.57. The Hall–Kier alpha value is -1.47. The quantitative estimate of drug-likeness (QED) is 0.867. The van der Waals surface area contributed by atoms with Crippen LogP contribution < -0.4 is 19.9 Å². The molecule has 7 heteroatoms. The van der Waals surface area contributed by atoms with Gasteiger partial charge in [0.1, 0.15) is 11.9 Å². The van der Waals surface area contributed by atoms with Crippen molar-refractivity contribution in [3.05, 3.63) is 17.7 Å². The van der Waals surface area contributed by atoms with E-state index in [1.165, 1.54) is 0 Å². The average Bonchev–Trinajstić information content (AvgIpc) is 2.94. The van der Waals surface area contributed by atoms with Crippen molar-refractivity contribution in [2.45, 2.75) is 19.1 Å². The lowest BCUT2D eigenvalue weighted by molar-refractivity contribution is 0.173. The summed E-state index contributed by atoms with van der Waals surface area (Å²) in [5, 5.41) is 0. The van der Waals surface area contributed by atoms with Gasteiger partial charge in [0.2, 0.25) is 6.79 Å². The fourth-order valence-electron chi connectivity index (χ4n) is 2.27. The highest BCUT2D eigenvalue weighted by Gasteiger charge is 2.30. The summed E-state index contributed by atoms with van der Waals surface area (Å²) in [6.07, 6.45) is 0.205. The Morgan fingerprint density at radius 2 is 2.05 bits per heavy atom. The van der Waals surface area contributed by atoms with Crippen LogP contribution in [0.2, 0.25) is 0 Å². The van der Waals surface area contributed by atoms with Crippen molar-refractivity contribution in [1.29, 1.82) is 0 Å². The molecule has 2 N–H and O–H groups in total. The van der Waals surface area contributed by atoms with Gasteiger partial charge >= 0.3 is 0 Å². The molecule has 2 heterocycles. The molecule has 0 aliphatic carbocycles. The predicted molar refractivity (Wildman–Crippen MR) is 68.1 cm³/mol. The van der Waals surface area contributed by atoms with Crippen LogP contribution in [0.4, 0.5) is 0 Å². The molecular formula is C12H15NO5S. The van der Waals surface area contributed by atoms with Crippen molar-refractivity contribution in [3.63, 3.8) is 0 Å². The summed E-state index contributed by atoms with van der Waals surface area (Å²) < 4.78 is 39.2. The van der Waals surface area contributed by atoms with E-state index in [2.05, 4.69) is 0 Å². The van der Waals surface area contributed by atoms with E-state index in [1.807, 2.05) is 0 Å². The van der Waals surface area contributed by atoms with Crippen LogP contribution in [0.25, 0.3) is 0 Å². The third-order valence-corrected chi connectivity index (χ3v) is 5.00. The zero-order chi connectivity index (χ0) is 13.5. The molecule has 0 aromatic heterocycles. The summed E-state index contributed by atoms with van der Waals surface area (Å²) >= 11 is 0. The van der Waals surface area contributed by atoms with Gasteiger partial charge in [0, 0.05) is 18.2 Å². The van der Waals surface area contributed by atoms with Crippen LogP contribution >= 0.6 is 0 Å². The first-order chi connectivity index (χ1) is 9.07. The number of rotatable bonds is 3. The van der Waals surface area contributed by atoms with Crippen molar-refractivity contribution in [1.82, 2.24) is 0 Å². The number of sulfone groups is 1. The summed E-state index contributed by atoms with van der Waals surface area (Å²) in [6, 6.07) is 3.50. The number of ether oxygens (including phenoxy) is 3. The monoisotopic (exact) mass is 285 g/mol. The Bertz CT molecular complexity index is 598. The van der Waals surface area contributed by atoms with Gasteiger partial charge in [0.15, 0.2) is 21.3 Å². The predicted octanol–water partition coefficient (Wildman–Crippen LogP) is 0.440. The van der Waals surface area contributed by atoms with Crippen molar-refractivity contribution in [3.8, 4) is 17.2 Å². The molecule has 0 amide bonds. The summed E-state index contributed by atoms with van der Waals surface area (Å²) in [5.74, 6) is 2.07. The summed E-state index contributed by atoms with van der Waals surface area (Å²) in [4.78, 5) is 0. The van der Waals surface area contributed by atoms with E-state index < -0.39 is 9.84 Å². The Kier molecular flexibility index (Phi) is 3.02. The molecule has 0 radical (unpaired) electrons. The summed E-state index contributed by atoms with van der Waals surface area (Å²) in [6.45, 7) is 0.478. The van der Waals surface area contributed by atoms with Crippen molar-refractivity contribution in [2.75, 3.05) is 18.3 Å². The number of fused-ring (bicyclic) bond motifs is 1. The maximum atomic E-state index is 11.4. The smallest absolute Gasteiger partial charge is 0.231 e. The fourth-order valence-corrected chi connectivity index (χ4v) is 3.86. The van der Waals surface area contributed by atoms with E-state index in [0.717, 1.165) is 5.56 Å². The van der Waals surface area contributed by atoms with E-state index in [1.54, 1.807) is 12.1 Å². The number of hydrogen-bond donors (Lipinski definition) is 1.